The topological polar surface area (TPSA) is 67.2 Å². The second kappa shape index (κ2) is 5.35. The molecule has 1 saturated carbocycles. The molecule has 18 heavy (non-hydrogen) atoms. The fourth-order valence-corrected chi connectivity index (χ4v) is 2.04. The van der Waals surface area contributed by atoms with Crippen molar-refractivity contribution in [2.45, 2.75) is 19.8 Å². The van der Waals surface area contributed by atoms with Crippen molar-refractivity contribution < 1.29 is 9.18 Å². The lowest BCUT2D eigenvalue weighted by molar-refractivity contribution is 0.0947. The molecule has 1 aliphatic rings. The van der Waals surface area contributed by atoms with E-state index in [1.54, 1.807) is 6.07 Å². The van der Waals surface area contributed by atoms with E-state index in [2.05, 4.69) is 17.7 Å². The Morgan fingerprint density at radius 3 is 2.89 bits per heavy atom. The van der Waals surface area contributed by atoms with Crippen LogP contribution in [0.25, 0.3) is 0 Å². The predicted molar refractivity (Wildman–Crippen MR) is 68.4 cm³/mol. The van der Waals surface area contributed by atoms with Crippen LogP contribution in [0.3, 0.4) is 0 Å². The number of nitrogens with two attached hydrogens (primary N) is 1. The van der Waals surface area contributed by atoms with E-state index in [4.69, 9.17) is 5.84 Å². The first-order chi connectivity index (χ1) is 8.63. The minimum Gasteiger partial charge on any atom is -0.352 e. The zero-order valence-electron chi connectivity index (χ0n) is 10.4. The summed E-state index contributed by atoms with van der Waals surface area (Å²) in [4.78, 5) is 12.0. The second-order valence-electron chi connectivity index (χ2n) is 4.83. The number of carbonyl (C=O) groups is 1. The van der Waals surface area contributed by atoms with Crippen LogP contribution in [-0.2, 0) is 0 Å². The Hall–Kier alpha value is -1.62. The Labute approximate surface area is 106 Å². The van der Waals surface area contributed by atoms with Crippen molar-refractivity contribution in [1.82, 2.24) is 5.32 Å². The van der Waals surface area contributed by atoms with Gasteiger partial charge in [-0.2, -0.15) is 0 Å². The number of para-hydroxylation sites is 1. The van der Waals surface area contributed by atoms with Gasteiger partial charge in [0.05, 0.1) is 11.3 Å². The number of rotatable bonds is 5. The zero-order valence-corrected chi connectivity index (χ0v) is 10.4. The molecule has 5 heteroatoms. The Morgan fingerprint density at radius 1 is 1.56 bits per heavy atom. The highest BCUT2D eigenvalue weighted by atomic mass is 19.1. The van der Waals surface area contributed by atoms with Gasteiger partial charge in [-0.3, -0.25) is 10.6 Å². The van der Waals surface area contributed by atoms with Gasteiger partial charge in [0.25, 0.3) is 5.91 Å². The lowest BCUT2D eigenvalue weighted by Crippen LogP contribution is -2.30. The van der Waals surface area contributed by atoms with Gasteiger partial charge in [0, 0.05) is 6.54 Å². The SMILES string of the molecule is CC(CNC(=O)c1cccc(F)c1NN)C1CC1. The Bertz CT molecular complexity index is 446. The van der Waals surface area contributed by atoms with Gasteiger partial charge in [0.2, 0.25) is 0 Å². The van der Waals surface area contributed by atoms with Gasteiger partial charge < -0.3 is 10.7 Å². The van der Waals surface area contributed by atoms with Crippen molar-refractivity contribution in [1.29, 1.82) is 0 Å². The summed E-state index contributed by atoms with van der Waals surface area (Å²) in [6, 6.07) is 4.31. The van der Waals surface area contributed by atoms with Crippen LogP contribution in [0.15, 0.2) is 18.2 Å². The van der Waals surface area contributed by atoms with E-state index in [0.717, 1.165) is 5.92 Å². The van der Waals surface area contributed by atoms with Gasteiger partial charge in [-0.1, -0.05) is 13.0 Å². The van der Waals surface area contributed by atoms with Crippen molar-refractivity contribution >= 4 is 11.6 Å². The van der Waals surface area contributed by atoms with Crippen molar-refractivity contribution in [2.24, 2.45) is 17.7 Å². The zero-order chi connectivity index (χ0) is 13.1. The molecule has 0 saturated heterocycles. The maximum atomic E-state index is 13.4. The quantitative estimate of drug-likeness (QED) is 0.553. The smallest absolute Gasteiger partial charge is 0.253 e. The average Bonchev–Trinajstić information content (AvgIpc) is 3.19. The van der Waals surface area contributed by atoms with Crippen molar-refractivity contribution in [3.05, 3.63) is 29.6 Å². The fourth-order valence-electron chi connectivity index (χ4n) is 2.04. The molecule has 0 aliphatic heterocycles. The van der Waals surface area contributed by atoms with Crippen LogP contribution < -0.4 is 16.6 Å². The molecule has 1 aliphatic carbocycles. The molecule has 1 fully saturated rings. The molecule has 0 spiro atoms. The fraction of sp³-hybridized carbons (Fsp3) is 0.462. The van der Waals surface area contributed by atoms with Crippen LogP contribution in [0, 0.1) is 17.7 Å². The van der Waals surface area contributed by atoms with Gasteiger partial charge in [-0.25, -0.2) is 4.39 Å². The van der Waals surface area contributed by atoms with E-state index < -0.39 is 5.82 Å². The first-order valence-corrected chi connectivity index (χ1v) is 6.16. The van der Waals surface area contributed by atoms with Gasteiger partial charge in [-0.15, -0.1) is 0 Å². The number of halogens is 1. The summed E-state index contributed by atoms with van der Waals surface area (Å²) in [7, 11) is 0. The number of anilines is 1. The van der Waals surface area contributed by atoms with Crippen molar-refractivity contribution in [2.75, 3.05) is 12.0 Å². The van der Waals surface area contributed by atoms with E-state index in [0.29, 0.717) is 12.5 Å². The third kappa shape index (κ3) is 2.79. The summed E-state index contributed by atoms with van der Waals surface area (Å²) in [5.41, 5.74) is 2.50. The monoisotopic (exact) mass is 251 g/mol. The molecule has 0 bridgehead atoms. The molecule has 0 aromatic heterocycles. The summed E-state index contributed by atoms with van der Waals surface area (Å²) < 4.78 is 13.4. The molecule has 4 nitrogen and oxygen atoms in total. The second-order valence-corrected chi connectivity index (χ2v) is 4.83. The van der Waals surface area contributed by atoms with Crippen LogP contribution in [0.4, 0.5) is 10.1 Å². The van der Waals surface area contributed by atoms with Crippen LogP contribution >= 0.6 is 0 Å². The highest BCUT2D eigenvalue weighted by Gasteiger charge is 2.28. The molecule has 1 amide bonds. The molecule has 0 heterocycles. The molecular weight excluding hydrogens is 233 g/mol. The molecule has 1 aromatic rings. The highest BCUT2D eigenvalue weighted by Crippen LogP contribution is 2.36. The number of benzene rings is 1. The molecule has 4 N–H and O–H groups in total. The summed E-state index contributed by atoms with van der Waals surface area (Å²) >= 11 is 0. The third-order valence-corrected chi connectivity index (χ3v) is 3.41. The van der Waals surface area contributed by atoms with Gasteiger partial charge in [-0.05, 0) is 36.8 Å². The number of amides is 1. The minimum atomic E-state index is -0.527. The summed E-state index contributed by atoms with van der Waals surface area (Å²) in [5, 5.41) is 2.82. The third-order valence-electron chi connectivity index (χ3n) is 3.41. The Balaban J connectivity index is 2.01. The van der Waals surface area contributed by atoms with E-state index in [1.807, 2.05) is 0 Å². The molecule has 0 radical (unpaired) electrons. The first-order valence-electron chi connectivity index (χ1n) is 6.16. The van der Waals surface area contributed by atoms with Crippen LogP contribution in [0.2, 0.25) is 0 Å². The standard InChI is InChI=1S/C13H18FN3O/c1-8(9-5-6-9)7-16-13(18)10-3-2-4-11(14)12(10)17-15/h2-4,8-9,17H,5-7,15H2,1H3,(H,16,18). The van der Waals surface area contributed by atoms with Crippen LogP contribution in [0.1, 0.15) is 30.1 Å². The predicted octanol–water partition coefficient (Wildman–Crippen LogP) is 1.89. The van der Waals surface area contributed by atoms with Crippen LogP contribution in [0.5, 0.6) is 0 Å². The Kier molecular flexibility index (Phi) is 3.81. The summed E-state index contributed by atoms with van der Waals surface area (Å²) in [6.07, 6.45) is 2.49. The maximum Gasteiger partial charge on any atom is 0.253 e. The molecule has 1 aromatic carbocycles. The number of nitrogens with one attached hydrogen (secondary N) is 2. The largest absolute Gasteiger partial charge is 0.352 e. The Morgan fingerprint density at radius 2 is 2.28 bits per heavy atom. The van der Waals surface area contributed by atoms with Crippen molar-refractivity contribution in [3.63, 3.8) is 0 Å². The van der Waals surface area contributed by atoms with Gasteiger partial charge >= 0.3 is 0 Å². The van der Waals surface area contributed by atoms with Crippen molar-refractivity contribution in [3.8, 4) is 0 Å². The first kappa shape index (κ1) is 12.8. The van der Waals surface area contributed by atoms with Gasteiger partial charge in [0.15, 0.2) is 0 Å². The number of hydrazine groups is 1. The van der Waals surface area contributed by atoms with Crippen LogP contribution in [-0.4, -0.2) is 12.5 Å². The highest BCUT2D eigenvalue weighted by molar-refractivity contribution is 5.99. The lowest BCUT2D eigenvalue weighted by Gasteiger charge is -2.13. The number of hydrogen-bond acceptors (Lipinski definition) is 3. The molecule has 1 unspecified atom stereocenters. The molecule has 2 rings (SSSR count). The minimum absolute atomic E-state index is 0.0362. The lowest BCUT2D eigenvalue weighted by atomic mass is 10.1. The molecular formula is C13H18FN3O. The maximum absolute atomic E-state index is 13.4. The van der Waals surface area contributed by atoms with E-state index in [1.165, 1.54) is 25.0 Å². The molecule has 98 valence electrons. The number of hydrogen-bond donors (Lipinski definition) is 3. The van der Waals surface area contributed by atoms with Gasteiger partial charge in [0.1, 0.15) is 5.82 Å². The average molecular weight is 251 g/mol. The van der Waals surface area contributed by atoms with E-state index >= 15 is 0 Å². The number of carbonyl (C=O) groups excluding carboxylic acids is 1. The normalized spacial score (nSPS) is 16.2. The number of nitrogen functional groups attached to an aromatic ring is 1. The van der Waals surface area contributed by atoms with E-state index in [9.17, 15) is 9.18 Å². The summed E-state index contributed by atoms with van der Waals surface area (Å²) in [6.45, 7) is 2.73. The summed E-state index contributed by atoms with van der Waals surface area (Å²) in [5.74, 6) is 5.61. The molecule has 1 atom stereocenters. The van der Waals surface area contributed by atoms with E-state index in [-0.39, 0.29) is 17.2 Å².